The minimum atomic E-state index is 0. The molecule has 3 rings (SSSR count). The molecule has 0 aliphatic carbocycles. The van der Waals surface area contributed by atoms with E-state index in [1.165, 1.54) is 11.3 Å². The average molecular weight is 547 g/mol. The zero-order valence-corrected chi connectivity index (χ0v) is 19.8. The van der Waals surface area contributed by atoms with Gasteiger partial charge in [0.15, 0.2) is 5.96 Å². The van der Waals surface area contributed by atoms with Crippen LogP contribution in [0.4, 0.5) is 5.69 Å². The summed E-state index contributed by atoms with van der Waals surface area (Å²) in [6.07, 6.45) is 5.03. The highest BCUT2D eigenvalue weighted by Gasteiger charge is 2.23. The number of nitrogens with zero attached hydrogens (tertiary/aromatic N) is 4. The first kappa shape index (κ1) is 22.0. The zero-order valence-electron chi connectivity index (χ0n) is 15.9. The Bertz CT molecular complexity index is 730. The number of rotatable bonds is 6. The first-order chi connectivity index (χ1) is 12.6. The molecule has 1 aliphatic heterocycles. The highest BCUT2D eigenvalue weighted by molar-refractivity contribution is 14.0. The fourth-order valence-electron chi connectivity index (χ4n) is 3.13. The van der Waals surface area contributed by atoms with Crippen molar-refractivity contribution in [2.45, 2.75) is 32.9 Å². The third kappa shape index (κ3) is 6.67. The molecule has 1 atom stereocenters. The molecule has 1 unspecified atom stereocenters. The van der Waals surface area contributed by atoms with Crippen molar-refractivity contribution < 1.29 is 0 Å². The van der Waals surface area contributed by atoms with E-state index >= 15 is 0 Å². The fraction of sp³-hybridized carbons (Fsp3) is 0.474. The highest BCUT2D eigenvalue weighted by atomic mass is 127. The molecule has 1 aromatic carbocycles. The van der Waals surface area contributed by atoms with E-state index < -0.39 is 0 Å². The largest absolute Gasteiger partial charge is 0.369 e. The van der Waals surface area contributed by atoms with Gasteiger partial charge in [0.25, 0.3) is 0 Å². The number of nitrogens with one attached hydrogen (secondary N) is 2. The number of hydrogen-bond donors (Lipinski definition) is 2. The Morgan fingerprint density at radius 1 is 1.33 bits per heavy atom. The number of hydrogen-bond acceptors (Lipinski definition) is 3. The van der Waals surface area contributed by atoms with Gasteiger partial charge in [-0.1, -0.05) is 15.9 Å². The van der Waals surface area contributed by atoms with E-state index in [2.05, 4.69) is 74.7 Å². The summed E-state index contributed by atoms with van der Waals surface area (Å²) in [6.45, 7) is 8.55. The minimum Gasteiger partial charge on any atom is -0.369 e. The van der Waals surface area contributed by atoms with Gasteiger partial charge in [0.05, 0.1) is 19.3 Å². The van der Waals surface area contributed by atoms with Crippen LogP contribution in [0.3, 0.4) is 0 Å². The molecule has 0 spiro atoms. The summed E-state index contributed by atoms with van der Waals surface area (Å²) in [5.41, 5.74) is 2.45. The molecule has 148 valence electrons. The van der Waals surface area contributed by atoms with Crippen LogP contribution in [0.15, 0.2) is 46.1 Å². The predicted molar refractivity (Wildman–Crippen MR) is 126 cm³/mol. The molecule has 1 fully saturated rings. The topological polar surface area (TPSA) is 57.5 Å². The molecule has 2 aromatic rings. The summed E-state index contributed by atoms with van der Waals surface area (Å²) in [6, 6.07) is 8.93. The van der Waals surface area contributed by atoms with Crippen molar-refractivity contribution in [1.82, 2.24) is 20.4 Å². The van der Waals surface area contributed by atoms with Crippen molar-refractivity contribution in [3.63, 3.8) is 0 Å². The first-order valence-electron chi connectivity index (χ1n) is 9.18. The third-order valence-corrected chi connectivity index (χ3v) is 4.96. The molecule has 0 bridgehead atoms. The molecule has 2 heterocycles. The number of aromatic nitrogens is 2. The number of aliphatic imine (C=N–C) groups is 1. The van der Waals surface area contributed by atoms with Gasteiger partial charge in [0, 0.05) is 42.0 Å². The molecular weight excluding hydrogens is 519 g/mol. The van der Waals surface area contributed by atoms with Crippen molar-refractivity contribution >= 4 is 51.6 Å². The summed E-state index contributed by atoms with van der Waals surface area (Å²) in [4.78, 5) is 7.12. The van der Waals surface area contributed by atoms with Crippen LogP contribution in [-0.2, 0) is 6.54 Å². The molecule has 0 amide bonds. The van der Waals surface area contributed by atoms with Crippen LogP contribution in [0.1, 0.15) is 18.9 Å². The van der Waals surface area contributed by atoms with Crippen molar-refractivity contribution in [3.05, 3.63) is 46.7 Å². The number of benzene rings is 1. The summed E-state index contributed by atoms with van der Waals surface area (Å²) < 4.78 is 3.05. The smallest absolute Gasteiger partial charge is 0.191 e. The molecule has 1 aliphatic rings. The van der Waals surface area contributed by atoms with Gasteiger partial charge in [-0.2, -0.15) is 5.10 Å². The molecule has 1 saturated heterocycles. The Kier molecular flexibility index (Phi) is 8.88. The van der Waals surface area contributed by atoms with E-state index in [-0.39, 0.29) is 24.0 Å². The lowest BCUT2D eigenvalue weighted by molar-refractivity contribution is 0.613. The van der Waals surface area contributed by atoms with Gasteiger partial charge >= 0.3 is 0 Å². The van der Waals surface area contributed by atoms with Crippen LogP contribution in [0.2, 0.25) is 0 Å². The molecule has 1 aromatic heterocycles. The Labute approximate surface area is 187 Å². The van der Waals surface area contributed by atoms with Crippen LogP contribution in [0.25, 0.3) is 0 Å². The van der Waals surface area contributed by atoms with Crippen LogP contribution in [0, 0.1) is 6.92 Å². The molecule has 0 saturated carbocycles. The van der Waals surface area contributed by atoms with Crippen molar-refractivity contribution in [1.29, 1.82) is 0 Å². The van der Waals surface area contributed by atoms with E-state index in [1.807, 2.05) is 17.1 Å². The SMILES string of the molecule is CCNC(=NCCn1cc(C)cn1)NC1CCN(c2ccc(Br)cc2)C1.I. The van der Waals surface area contributed by atoms with E-state index in [0.29, 0.717) is 12.6 Å². The standard InChI is InChI=1S/C19H27BrN6.HI/c1-3-21-19(22-9-11-26-13-15(2)12-23-26)24-17-8-10-25(14-17)18-6-4-16(20)5-7-18;/h4-7,12-13,17H,3,8-11,14H2,1-2H3,(H2,21,22,24);1H. The van der Waals surface area contributed by atoms with Gasteiger partial charge in [0.2, 0.25) is 0 Å². The summed E-state index contributed by atoms with van der Waals surface area (Å²) in [5, 5.41) is 11.2. The van der Waals surface area contributed by atoms with Crippen LogP contribution >= 0.6 is 39.9 Å². The number of aryl methyl sites for hydroxylation is 1. The maximum atomic E-state index is 4.70. The molecule has 2 N–H and O–H groups in total. The van der Waals surface area contributed by atoms with E-state index in [4.69, 9.17) is 4.99 Å². The first-order valence-corrected chi connectivity index (χ1v) is 9.98. The third-order valence-electron chi connectivity index (χ3n) is 4.43. The Hall–Kier alpha value is -1.29. The summed E-state index contributed by atoms with van der Waals surface area (Å²) in [7, 11) is 0. The second kappa shape index (κ2) is 10.9. The number of guanidine groups is 1. The Morgan fingerprint density at radius 2 is 2.11 bits per heavy atom. The zero-order chi connectivity index (χ0) is 18.4. The van der Waals surface area contributed by atoms with Crippen LogP contribution in [-0.4, -0.2) is 48.0 Å². The summed E-state index contributed by atoms with van der Waals surface area (Å²) in [5.74, 6) is 0.888. The van der Waals surface area contributed by atoms with E-state index in [1.54, 1.807) is 0 Å². The Morgan fingerprint density at radius 3 is 2.78 bits per heavy atom. The second-order valence-electron chi connectivity index (χ2n) is 6.59. The van der Waals surface area contributed by atoms with Crippen LogP contribution in [0.5, 0.6) is 0 Å². The summed E-state index contributed by atoms with van der Waals surface area (Å²) >= 11 is 3.50. The predicted octanol–water partition coefficient (Wildman–Crippen LogP) is 3.41. The van der Waals surface area contributed by atoms with Gasteiger partial charge < -0.3 is 15.5 Å². The lowest BCUT2D eigenvalue weighted by Crippen LogP contribution is -2.44. The van der Waals surface area contributed by atoms with E-state index in [0.717, 1.165) is 43.0 Å². The Balaban J connectivity index is 0.00000261. The van der Waals surface area contributed by atoms with Crippen LogP contribution < -0.4 is 15.5 Å². The maximum absolute atomic E-state index is 4.70. The molecule has 0 radical (unpaired) electrons. The van der Waals surface area contributed by atoms with Gasteiger partial charge in [-0.15, -0.1) is 24.0 Å². The highest BCUT2D eigenvalue weighted by Crippen LogP contribution is 2.22. The molecule has 8 heteroatoms. The minimum absolute atomic E-state index is 0. The van der Waals surface area contributed by atoms with Crippen molar-refractivity contribution in [2.75, 3.05) is 31.1 Å². The number of halogens is 2. The molecular formula is C19H28BrIN6. The van der Waals surface area contributed by atoms with Gasteiger partial charge in [-0.3, -0.25) is 9.67 Å². The fourth-order valence-corrected chi connectivity index (χ4v) is 3.40. The number of anilines is 1. The normalized spacial score (nSPS) is 16.9. The molecule has 27 heavy (non-hydrogen) atoms. The monoisotopic (exact) mass is 546 g/mol. The van der Waals surface area contributed by atoms with Crippen molar-refractivity contribution in [3.8, 4) is 0 Å². The van der Waals surface area contributed by atoms with Gasteiger partial charge in [-0.25, -0.2) is 0 Å². The van der Waals surface area contributed by atoms with Gasteiger partial charge in [0.1, 0.15) is 0 Å². The maximum Gasteiger partial charge on any atom is 0.191 e. The second-order valence-corrected chi connectivity index (χ2v) is 7.51. The van der Waals surface area contributed by atoms with E-state index in [9.17, 15) is 0 Å². The lowest BCUT2D eigenvalue weighted by Gasteiger charge is -2.20. The lowest BCUT2D eigenvalue weighted by atomic mass is 10.3. The van der Waals surface area contributed by atoms with Crippen molar-refractivity contribution in [2.24, 2.45) is 4.99 Å². The quantitative estimate of drug-likeness (QED) is 0.331. The van der Waals surface area contributed by atoms with Gasteiger partial charge in [-0.05, 0) is 50.1 Å². The molecule has 6 nitrogen and oxygen atoms in total. The average Bonchev–Trinajstić information content (AvgIpc) is 3.25.